The Morgan fingerprint density at radius 2 is 1.56 bits per heavy atom. The molecule has 4 heteroatoms. The van der Waals surface area contributed by atoms with Crippen molar-refractivity contribution >= 4 is 11.9 Å². The SMILES string of the molecule is CC(C)(CCCCCc1cccc(CCCCC2(C(=O)O)CC2)c1)C(=O)O. The number of hydrogen-bond acceptors (Lipinski definition) is 2. The Balaban J connectivity index is 1.64. The van der Waals surface area contributed by atoms with E-state index in [4.69, 9.17) is 5.11 Å². The number of carbonyl (C=O) groups is 2. The molecule has 1 aliphatic rings. The van der Waals surface area contributed by atoms with Gasteiger partial charge in [-0.3, -0.25) is 9.59 Å². The molecule has 1 aromatic rings. The molecule has 0 atom stereocenters. The Kier molecular flexibility index (Phi) is 7.46. The average Bonchev–Trinajstić information content (AvgIpc) is 3.40. The van der Waals surface area contributed by atoms with Gasteiger partial charge in [0.2, 0.25) is 0 Å². The lowest BCUT2D eigenvalue weighted by Crippen LogP contribution is -2.23. The number of rotatable bonds is 13. The quantitative estimate of drug-likeness (QED) is 0.448. The van der Waals surface area contributed by atoms with Gasteiger partial charge in [0.15, 0.2) is 0 Å². The Morgan fingerprint density at radius 1 is 0.963 bits per heavy atom. The molecule has 1 fully saturated rings. The number of carboxylic acids is 2. The third-order valence-electron chi connectivity index (χ3n) is 6.02. The Morgan fingerprint density at radius 3 is 2.07 bits per heavy atom. The van der Waals surface area contributed by atoms with Crippen LogP contribution in [0.15, 0.2) is 24.3 Å². The van der Waals surface area contributed by atoms with Crippen molar-refractivity contribution in [3.63, 3.8) is 0 Å². The van der Waals surface area contributed by atoms with E-state index in [1.165, 1.54) is 11.1 Å². The van der Waals surface area contributed by atoms with Crippen molar-refractivity contribution < 1.29 is 19.8 Å². The van der Waals surface area contributed by atoms with Crippen molar-refractivity contribution in [3.8, 4) is 0 Å². The summed E-state index contributed by atoms with van der Waals surface area (Å²) in [6.07, 6.45) is 10.4. The summed E-state index contributed by atoms with van der Waals surface area (Å²) in [5.41, 5.74) is 1.66. The van der Waals surface area contributed by atoms with Crippen LogP contribution in [0.4, 0.5) is 0 Å². The van der Waals surface area contributed by atoms with Gasteiger partial charge in [0.25, 0.3) is 0 Å². The fraction of sp³-hybridized carbons (Fsp3) is 0.652. The van der Waals surface area contributed by atoms with Gasteiger partial charge in [-0.05, 0) is 76.3 Å². The molecule has 0 aromatic heterocycles. The van der Waals surface area contributed by atoms with Crippen molar-refractivity contribution in [1.82, 2.24) is 0 Å². The molecule has 0 aliphatic heterocycles. The molecule has 0 spiro atoms. The fourth-order valence-electron chi connectivity index (χ4n) is 3.63. The molecule has 0 heterocycles. The van der Waals surface area contributed by atoms with Crippen LogP contribution in [-0.4, -0.2) is 22.2 Å². The molecule has 0 bridgehead atoms. The molecule has 2 rings (SSSR count). The van der Waals surface area contributed by atoms with Crippen LogP contribution in [0.25, 0.3) is 0 Å². The Labute approximate surface area is 163 Å². The van der Waals surface area contributed by atoms with E-state index in [2.05, 4.69) is 24.3 Å². The van der Waals surface area contributed by atoms with Crippen LogP contribution in [-0.2, 0) is 22.4 Å². The third-order valence-corrected chi connectivity index (χ3v) is 6.02. The molecular weight excluding hydrogens is 340 g/mol. The second-order valence-electron chi connectivity index (χ2n) is 8.86. The molecular formula is C23H34O4. The molecule has 0 radical (unpaired) electrons. The minimum absolute atomic E-state index is 0.392. The van der Waals surface area contributed by atoms with Crippen LogP contribution >= 0.6 is 0 Å². The van der Waals surface area contributed by atoms with E-state index in [0.717, 1.165) is 70.6 Å². The van der Waals surface area contributed by atoms with Crippen LogP contribution in [0.1, 0.15) is 82.8 Å². The van der Waals surface area contributed by atoms with Crippen LogP contribution in [0.3, 0.4) is 0 Å². The molecule has 0 saturated heterocycles. The highest BCUT2D eigenvalue weighted by Crippen LogP contribution is 2.50. The minimum Gasteiger partial charge on any atom is -0.481 e. The number of carboxylic acid groups (broad SMARTS) is 2. The molecule has 0 amide bonds. The van der Waals surface area contributed by atoms with Crippen molar-refractivity contribution in [2.45, 2.75) is 84.5 Å². The molecule has 0 unspecified atom stereocenters. The zero-order valence-electron chi connectivity index (χ0n) is 16.8. The fourth-order valence-corrected chi connectivity index (χ4v) is 3.63. The second-order valence-corrected chi connectivity index (χ2v) is 8.86. The van der Waals surface area contributed by atoms with E-state index in [-0.39, 0.29) is 0 Å². The monoisotopic (exact) mass is 374 g/mol. The first-order valence-electron chi connectivity index (χ1n) is 10.3. The highest BCUT2D eigenvalue weighted by atomic mass is 16.4. The van der Waals surface area contributed by atoms with E-state index < -0.39 is 22.8 Å². The maximum absolute atomic E-state index is 11.2. The topological polar surface area (TPSA) is 74.6 Å². The number of benzene rings is 1. The predicted molar refractivity (Wildman–Crippen MR) is 107 cm³/mol. The van der Waals surface area contributed by atoms with Gasteiger partial charge in [0.1, 0.15) is 0 Å². The van der Waals surface area contributed by atoms with Crippen molar-refractivity contribution in [1.29, 1.82) is 0 Å². The van der Waals surface area contributed by atoms with E-state index in [1.807, 2.05) is 0 Å². The second kappa shape index (κ2) is 9.38. The van der Waals surface area contributed by atoms with Crippen molar-refractivity contribution in [2.75, 3.05) is 0 Å². The summed E-state index contributed by atoms with van der Waals surface area (Å²) in [4.78, 5) is 22.3. The molecule has 1 saturated carbocycles. The number of aryl methyl sites for hydroxylation is 2. The normalized spacial score (nSPS) is 15.5. The summed E-state index contributed by atoms with van der Waals surface area (Å²) in [5.74, 6) is -1.33. The Bertz CT molecular complexity index is 644. The Hall–Kier alpha value is -1.84. The average molecular weight is 375 g/mol. The van der Waals surface area contributed by atoms with Gasteiger partial charge in [0.05, 0.1) is 10.8 Å². The maximum atomic E-state index is 11.2. The minimum atomic E-state index is -0.717. The van der Waals surface area contributed by atoms with Gasteiger partial charge in [0, 0.05) is 0 Å². The van der Waals surface area contributed by atoms with Crippen LogP contribution in [0.2, 0.25) is 0 Å². The van der Waals surface area contributed by atoms with Crippen LogP contribution in [0.5, 0.6) is 0 Å². The lowest BCUT2D eigenvalue weighted by Gasteiger charge is -2.18. The van der Waals surface area contributed by atoms with E-state index in [0.29, 0.717) is 0 Å². The molecule has 2 N–H and O–H groups in total. The summed E-state index contributed by atoms with van der Waals surface area (Å²) in [6.45, 7) is 3.58. The summed E-state index contributed by atoms with van der Waals surface area (Å²) < 4.78 is 0. The van der Waals surface area contributed by atoms with Crippen molar-refractivity contribution in [3.05, 3.63) is 35.4 Å². The zero-order chi connectivity index (χ0) is 19.9. The van der Waals surface area contributed by atoms with Gasteiger partial charge >= 0.3 is 11.9 Å². The first-order chi connectivity index (χ1) is 12.8. The van der Waals surface area contributed by atoms with E-state index >= 15 is 0 Å². The van der Waals surface area contributed by atoms with Crippen LogP contribution < -0.4 is 0 Å². The lowest BCUT2D eigenvalue weighted by atomic mass is 9.87. The zero-order valence-corrected chi connectivity index (χ0v) is 16.8. The van der Waals surface area contributed by atoms with Gasteiger partial charge in [-0.1, -0.05) is 43.5 Å². The predicted octanol–water partition coefficient (Wildman–Crippen LogP) is 5.48. The summed E-state index contributed by atoms with van der Waals surface area (Å²) >= 11 is 0. The molecule has 1 aromatic carbocycles. The number of unbranched alkanes of at least 4 members (excludes halogenated alkanes) is 3. The summed E-state index contributed by atoms with van der Waals surface area (Å²) in [6, 6.07) is 8.69. The largest absolute Gasteiger partial charge is 0.481 e. The van der Waals surface area contributed by atoms with E-state index in [9.17, 15) is 14.7 Å². The third kappa shape index (κ3) is 6.67. The van der Waals surface area contributed by atoms with Gasteiger partial charge in [-0.15, -0.1) is 0 Å². The number of aliphatic carboxylic acids is 2. The molecule has 1 aliphatic carbocycles. The lowest BCUT2D eigenvalue weighted by molar-refractivity contribution is -0.147. The molecule has 150 valence electrons. The van der Waals surface area contributed by atoms with Gasteiger partial charge in [-0.25, -0.2) is 0 Å². The number of hydrogen-bond donors (Lipinski definition) is 2. The van der Waals surface area contributed by atoms with Crippen molar-refractivity contribution in [2.24, 2.45) is 10.8 Å². The first-order valence-corrected chi connectivity index (χ1v) is 10.3. The maximum Gasteiger partial charge on any atom is 0.309 e. The standard InChI is InChI=1S/C23H34O4/c1-22(2,20(24)25)13-6-3-4-9-18-11-8-12-19(17-18)10-5-7-14-23(15-16-23)21(26)27/h8,11-12,17H,3-7,9-10,13-16H2,1-2H3,(H,24,25)(H,26,27). The summed E-state index contributed by atoms with van der Waals surface area (Å²) in [7, 11) is 0. The first kappa shape index (κ1) is 21.5. The smallest absolute Gasteiger partial charge is 0.309 e. The molecule has 4 nitrogen and oxygen atoms in total. The highest BCUT2D eigenvalue weighted by Gasteiger charge is 2.49. The van der Waals surface area contributed by atoms with Crippen LogP contribution in [0, 0.1) is 10.8 Å². The summed E-state index contributed by atoms with van der Waals surface area (Å²) in [5, 5.41) is 18.4. The van der Waals surface area contributed by atoms with Gasteiger partial charge in [-0.2, -0.15) is 0 Å². The molecule has 27 heavy (non-hydrogen) atoms. The van der Waals surface area contributed by atoms with E-state index in [1.54, 1.807) is 13.8 Å². The highest BCUT2D eigenvalue weighted by molar-refractivity contribution is 5.77. The van der Waals surface area contributed by atoms with Gasteiger partial charge < -0.3 is 10.2 Å².